The van der Waals surface area contributed by atoms with E-state index in [1.165, 1.54) is 10.7 Å². The molecule has 26 heavy (non-hydrogen) atoms. The fourth-order valence-corrected chi connectivity index (χ4v) is 4.26. The molecule has 134 valence electrons. The van der Waals surface area contributed by atoms with Gasteiger partial charge in [-0.25, -0.2) is 17.8 Å². The Bertz CT molecular complexity index is 1110. The number of sulfonamides is 1. The van der Waals surface area contributed by atoms with Crippen LogP contribution < -0.4 is 10.3 Å². The minimum absolute atomic E-state index is 0.104. The molecule has 0 spiro atoms. The predicted molar refractivity (Wildman–Crippen MR) is 99.6 cm³/mol. The Morgan fingerprint density at radius 1 is 1.04 bits per heavy atom. The van der Waals surface area contributed by atoms with Gasteiger partial charge in [-0.05, 0) is 30.4 Å². The third-order valence-corrected chi connectivity index (χ3v) is 6.06. The molecule has 1 aliphatic rings. The Morgan fingerprint density at radius 3 is 2.62 bits per heavy atom. The molecular weight excluding hydrogens is 350 g/mol. The zero-order valence-electron chi connectivity index (χ0n) is 14.1. The molecule has 1 heterocycles. The second-order valence-electron chi connectivity index (χ2n) is 6.47. The van der Waals surface area contributed by atoms with E-state index < -0.39 is 10.0 Å². The zero-order valence-corrected chi connectivity index (χ0v) is 14.9. The molecule has 1 saturated carbocycles. The molecule has 0 amide bonds. The maximum Gasteiger partial charge on any atom is 0.266 e. The molecule has 0 aliphatic heterocycles. The first kappa shape index (κ1) is 16.9. The number of nitrogens with one attached hydrogen (secondary N) is 1. The van der Waals surface area contributed by atoms with Crippen LogP contribution in [0.1, 0.15) is 24.5 Å². The average Bonchev–Trinajstić information content (AvgIpc) is 3.48. The van der Waals surface area contributed by atoms with Crippen molar-refractivity contribution in [2.45, 2.75) is 30.2 Å². The lowest BCUT2D eigenvalue weighted by Crippen LogP contribution is -2.32. The first-order valence-electron chi connectivity index (χ1n) is 8.60. The van der Waals surface area contributed by atoms with E-state index in [0.717, 1.165) is 23.9 Å². The highest BCUT2D eigenvalue weighted by molar-refractivity contribution is 7.89. The van der Waals surface area contributed by atoms with Gasteiger partial charge < -0.3 is 0 Å². The van der Waals surface area contributed by atoms with Crippen molar-refractivity contribution in [3.63, 3.8) is 0 Å². The summed E-state index contributed by atoms with van der Waals surface area (Å²) in [5.74, 6) is 0.439. The van der Waals surface area contributed by atoms with Crippen molar-refractivity contribution in [1.82, 2.24) is 14.5 Å². The molecule has 0 bridgehead atoms. The Morgan fingerprint density at radius 2 is 1.81 bits per heavy atom. The molecule has 7 heteroatoms. The number of rotatable bonds is 6. The standard InChI is InChI=1S/C19H19N3O3S/c23-19-11-10-17(15-8-9-15)21-22(19)13-12-20-26(24,25)18-7-3-5-14-4-1-2-6-16(14)18/h1-7,10-11,15,20H,8-9,12-13H2. The summed E-state index contributed by atoms with van der Waals surface area (Å²) < 4.78 is 29.3. The molecule has 1 N–H and O–H groups in total. The van der Waals surface area contributed by atoms with Gasteiger partial charge in [-0.1, -0.05) is 36.4 Å². The Hall–Kier alpha value is -2.51. The minimum Gasteiger partial charge on any atom is -0.268 e. The van der Waals surface area contributed by atoms with Crippen LogP contribution >= 0.6 is 0 Å². The molecule has 0 radical (unpaired) electrons. The monoisotopic (exact) mass is 369 g/mol. The Balaban J connectivity index is 1.52. The lowest BCUT2D eigenvalue weighted by atomic mass is 10.1. The van der Waals surface area contributed by atoms with Crippen LogP contribution in [0.5, 0.6) is 0 Å². The molecular formula is C19H19N3O3S. The van der Waals surface area contributed by atoms with Gasteiger partial charge in [0.1, 0.15) is 0 Å². The number of hydrogen-bond donors (Lipinski definition) is 1. The van der Waals surface area contributed by atoms with Gasteiger partial charge in [-0.2, -0.15) is 5.10 Å². The van der Waals surface area contributed by atoms with Gasteiger partial charge in [0.05, 0.1) is 17.1 Å². The SMILES string of the molecule is O=c1ccc(C2CC2)nn1CCNS(=O)(=O)c1cccc2ccccc12. The van der Waals surface area contributed by atoms with E-state index in [-0.39, 0.29) is 23.5 Å². The van der Waals surface area contributed by atoms with Crippen molar-refractivity contribution in [3.8, 4) is 0 Å². The largest absolute Gasteiger partial charge is 0.268 e. The van der Waals surface area contributed by atoms with Crippen molar-refractivity contribution in [2.75, 3.05) is 6.54 Å². The first-order chi connectivity index (χ1) is 12.5. The summed E-state index contributed by atoms with van der Waals surface area (Å²) in [6, 6.07) is 15.8. The molecule has 4 rings (SSSR count). The van der Waals surface area contributed by atoms with E-state index in [1.54, 1.807) is 24.3 Å². The van der Waals surface area contributed by atoms with Crippen LogP contribution in [0.15, 0.2) is 64.3 Å². The van der Waals surface area contributed by atoms with Crippen LogP contribution in [0.4, 0.5) is 0 Å². The summed E-state index contributed by atoms with van der Waals surface area (Å²) in [6.07, 6.45) is 2.19. The fourth-order valence-electron chi connectivity index (χ4n) is 3.02. The van der Waals surface area contributed by atoms with Crippen LogP contribution in [0.25, 0.3) is 10.8 Å². The average molecular weight is 369 g/mol. The van der Waals surface area contributed by atoms with Crippen molar-refractivity contribution < 1.29 is 8.42 Å². The molecule has 1 aliphatic carbocycles. The van der Waals surface area contributed by atoms with E-state index >= 15 is 0 Å². The third-order valence-electron chi connectivity index (χ3n) is 4.54. The van der Waals surface area contributed by atoms with E-state index in [0.29, 0.717) is 11.3 Å². The van der Waals surface area contributed by atoms with Gasteiger partial charge in [-0.3, -0.25) is 4.79 Å². The van der Waals surface area contributed by atoms with Gasteiger partial charge in [0.2, 0.25) is 10.0 Å². The third kappa shape index (κ3) is 3.40. The van der Waals surface area contributed by atoms with Crippen LogP contribution in [-0.4, -0.2) is 24.7 Å². The number of hydrogen-bond acceptors (Lipinski definition) is 4. The van der Waals surface area contributed by atoms with Gasteiger partial charge >= 0.3 is 0 Å². The smallest absolute Gasteiger partial charge is 0.266 e. The summed E-state index contributed by atoms with van der Waals surface area (Å²) in [4.78, 5) is 12.2. The molecule has 0 unspecified atom stereocenters. The highest BCUT2D eigenvalue weighted by Crippen LogP contribution is 2.38. The molecule has 1 aromatic heterocycles. The van der Waals surface area contributed by atoms with E-state index in [2.05, 4.69) is 9.82 Å². The summed E-state index contributed by atoms with van der Waals surface area (Å²) in [7, 11) is -3.68. The van der Waals surface area contributed by atoms with Crippen LogP contribution in [-0.2, 0) is 16.6 Å². The van der Waals surface area contributed by atoms with E-state index in [9.17, 15) is 13.2 Å². The molecule has 0 atom stereocenters. The summed E-state index contributed by atoms with van der Waals surface area (Å²) in [6.45, 7) is 0.302. The summed E-state index contributed by atoms with van der Waals surface area (Å²) in [5.41, 5.74) is 0.681. The minimum atomic E-state index is -3.68. The predicted octanol–water partition coefficient (Wildman–Crippen LogP) is 2.25. The lowest BCUT2D eigenvalue weighted by Gasteiger charge is -2.10. The van der Waals surface area contributed by atoms with Crippen LogP contribution in [0, 0.1) is 0 Å². The number of nitrogens with zero attached hydrogens (tertiary/aromatic N) is 2. The van der Waals surface area contributed by atoms with Crippen molar-refractivity contribution in [2.24, 2.45) is 0 Å². The van der Waals surface area contributed by atoms with Crippen molar-refractivity contribution >= 4 is 20.8 Å². The Labute approximate surface area is 151 Å². The van der Waals surface area contributed by atoms with Crippen molar-refractivity contribution in [3.05, 3.63) is 70.6 Å². The quantitative estimate of drug-likeness (QED) is 0.723. The van der Waals surface area contributed by atoms with Crippen LogP contribution in [0.3, 0.4) is 0 Å². The first-order valence-corrected chi connectivity index (χ1v) is 10.1. The second kappa shape index (κ2) is 6.66. The van der Waals surface area contributed by atoms with Gasteiger partial charge in [0.15, 0.2) is 0 Å². The lowest BCUT2D eigenvalue weighted by molar-refractivity contribution is 0.541. The van der Waals surface area contributed by atoms with Gasteiger partial charge in [0, 0.05) is 23.9 Å². The number of aromatic nitrogens is 2. The van der Waals surface area contributed by atoms with Gasteiger partial charge in [-0.15, -0.1) is 0 Å². The van der Waals surface area contributed by atoms with Crippen molar-refractivity contribution in [1.29, 1.82) is 0 Å². The summed E-state index contributed by atoms with van der Waals surface area (Å²) in [5, 5.41) is 5.89. The highest BCUT2D eigenvalue weighted by atomic mass is 32.2. The molecule has 1 fully saturated rings. The number of benzene rings is 2. The highest BCUT2D eigenvalue weighted by Gasteiger charge is 2.25. The van der Waals surface area contributed by atoms with E-state index in [4.69, 9.17) is 0 Å². The molecule has 2 aromatic carbocycles. The zero-order chi connectivity index (χ0) is 18.1. The molecule has 0 saturated heterocycles. The maximum absolute atomic E-state index is 12.7. The number of fused-ring (bicyclic) bond motifs is 1. The summed E-state index contributed by atoms with van der Waals surface area (Å²) >= 11 is 0. The maximum atomic E-state index is 12.7. The molecule has 6 nitrogen and oxygen atoms in total. The topological polar surface area (TPSA) is 81.1 Å². The van der Waals surface area contributed by atoms with Crippen LogP contribution in [0.2, 0.25) is 0 Å². The van der Waals surface area contributed by atoms with Gasteiger partial charge in [0.25, 0.3) is 5.56 Å². The second-order valence-corrected chi connectivity index (χ2v) is 8.20. The molecule has 3 aromatic rings. The normalized spacial score (nSPS) is 14.6. The van der Waals surface area contributed by atoms with E-state index in [1.807, 2.05) is 24.3 Å². The Kier molecular flexibility index (Phi) is 4.34. The fraction of sp³-hybridized carbons (Fsp3) is 0.263.